The lowest BCUT2D eigenvalue weighted by Gasteiger charge is -2.35. The molecule has 0 amide bonds. The minimum absolute atomic E-state index is 0.561. The molecule has 3 rings (SSSR count). The number of aryl methyl sites for hydroxylation is 1. The van der Waals surface area contributed by atoms with Gasteiger partial charge in [-0.2, -0.15) is 0 Å². The van der Waals surface area contributed by atoms with Crippen molar-refractivity contribution in [1.29, 1.82) is 0 Å². The highest BCUT2D eigenvalue weighted by Gasteiger charge is 2.39. The van der Waals surface area contributed by atoms with Crippen molar-refractivity contribution in [2.75, 3.05) is 20.1 Å². The Hall–Kier alpha value is -0.930. The van der Waals surface area contributed by atoms with Crippen LogP contribution >= 0.6 is 0 Å². The lowest BCUT2D eigenvalue weighted by atomic mass is 9.89. The van der Waals surface area contributed by atoms with Crippen molar-refractivity contribution in [1.82, 2.24) is 15.2 Å². The van der Waals surface area contributed by atoms with Gasteiger partial charge < -0.3 is 5.32 Å². The molecule has 1 aliphatic carbocycles. The van der Waals surface area contributed by atoms with Crippen LogP contribution in [0.5, 0.6) is 0 Å². The van der Waals surface area contributed by atoms with Crippen molar-refractivity contribution < 1.29 is 0 Å². The summed E-state index contributed by atoms with van der Waals surface area (Å²) in [5.41, 5.74) is 2.54. The topological polar surface area (TPSA) is 28.2 Å². The van der Waals surface area contributed by atoms with Gasteiger partial charge in [-0.15, -0.1) is 0 Å². The summed E-state index contributed by atoms with van der Waals surface area (Å²) in [4.78, 5) is 7.33. The third-order valence-electron chi connectivity index (χ3n) is 4.80. The molecule has 0 bridgehead atoms. The predicted molar refractivity (Wildman–Crippen MR) is 82.7 cm³/mol. The van der Waals surface area contributed by atoms with Crippen LogP contribution in [0.1, 0.15) is 49.4 Å². The van der Waals surface area contributed by atoms with Crippen LogP contribution in [0.2, 0.25) is 0 Å². The smallest absolute Gasteiger partial charge is 0.0406 e. The summed E-state index contributed by atoms with van der Waals surface area (Å²) in [6, 6.07) is 5.86. The molecule has 1 saturated heterocycles. The Morgan fingerprint density at radius 3 is 2.75 bits per heavy atom. The van der Waals surface area contributed by atoms with Gasteiger partial charge in [0.25, 0.3) is 0 Å². The largest absolute Gasteiger partial charge is 0.319 e. The van der Waals surface area contributed by atoms with Crippen LogP contribution in [-0.4, -0.2) is 36.1 Å². The second kappa shape index (κ2) is 6.23. The van der Waals surface area contributed by atoms with Crippen LogP contribution in [0.4, 0.5) is 0 Å². The van der Waals surface area contributed by atoms with E-state index in [1.54, 1.807) is 0 Å². The molecule has 0 spiro atoms. The number of aromatic nitrogens is 1. The molecule has 3 heteroatoms. The first-order valence-electron chi connectivity index (χ1n) is 8.12. The van der Waals surface area contributed by atoms with Crippen molar-refractivity contribution in [3.63, 3.8) is 0 Å². The van der Waals surface area contributed by atoms with E-state index in [-0.39, 0.29) is 0 Å². The number of hydrogen-bond donors (Lipinski definition) is 1. The summed E-state index contributed by atoms with van der Waals surface area (Å²) in [6.45, 7) is 4.45. The first-order chi connectivity index (χ1) is 9.79. The van der Waals surface area contributed by atoms with E-state index in [2.05, 4.69) is 47.5 Å². The van der Waals surface area contributed by atoms with E-state index in [9.17, 15) is 0 Å². The minimum atomic E-state index is 0.561. The van der Waals surface area contributed by atoms with Gasteiger partial charge in [0.05, 0.1) is 0 Å². The van der Waals surface area contributed by atoms with Gasteiger partial charge in [0.1, 0.15) is 0 Å². The lowest BCUT2D eigenvalue weighted by Crippen LogP contribution is -2.37. The van der Waals surface area contributed by atoms with Crippen LogP contribution in [0.15, 0.2) is 18.3 Å². The van der Waals surface area contributed by atoms with Gasteiger partial charge in [-0.1, -0.05) is 12.5 Å². The van der Waals surface area contributed by atoms with E-state index in [1.165, 1.54) is 44.2 Å². The molecule has 2 atom stereocenters. The molecule has 2 unspecified atom stereocenters. The molecule has 3 nitrogen and oxygen atoms in total. The maximum absolute atomic E-state index is 4.55. The van der Waals surface area contributed by atoms with Crippen molar-refractivity contribution in [3.8, 4) is 0 Å². The number of pyridine rings is 1. The lowest BCUT2D eigenvalue weighted by molar-refractivity contribution is 0.145. The predicted octanol–water partition coefficient (Wildman–Crippen LogP) is 2.92. The molecule has 1 N–H and O–H groups in total. The Morgan fingerprint density at radius 1 is 1.25 bits per heavy atom. The fourth-order valence-corrected chi connectivity index (χ4v) is 3.68. The first kappa shape index (κ1) is 14.0. The van der Waals surface area contributed by atoms with E-state index in [1.807, 2.05) is 0 Å². The fourth-order valence-electron chi connectivity index (χ4n) is 3.68. The van der Waals surface area contributed by atoms with Crippen molar-refractivity contribution in [3.05, 3.63) is 29.6 Å². The van der Waals surface area contributed by atoms with Crippen LogP contribution < -0.4 is 5.32 Å². The average Bonchev–Trinajstić information content (AvgIpc) is 3.26. The fraction of sp³-hybridized carbons (Fsp3) is 0.706. The normalized spacial score (nSPS) is 28.3. The zero-order chi connectivity index (χ0) is 13.9. The van der Waals surface area contributed by atoms with Crippen LogP contribution in [0, 0.1) is 12.8 Å². The molecule has 1 aromatic rings. The third kappa shape index (κ3) is 3.04. The summed E-state index contributed by atoms with van der Waals surface area (Å²) >= 11 is 0. The Bertz CT molecular complexity index is 424. The molecule has 1 saturated carbocycles. The standard InChI is InChI=1S/C17H27N3/c1-13-6-7-15(12-19-13)17-14(11-18-2)5-3-4-10-20(17)16-8-9-16/h6-7,12,14,16-18H,3-5,8-11H2,1-2H3. The quantitative estimate of drug-likeness (QED) is 0.914. The molecular formula is C17H27N3. The average molecular weight is 273 g/mol. The maximum Gasteiger partial charge on any atom is 0.0406 e. The molecule has 1 aliphatic heterocycles. The Kier molecular flexibility index (Phi) is 4.37. The molecule has 0 radical (unpaired) electrons. The number of likely N-dealkylation sites (tertiary alicyclic amines) is 1. The molecule has 2 heterocycles. The van der Waals surface area contributed by atoms with Crippen molar-refractivity contribution >= 4 is 0 Å². The minimum Gasteiger partial charge on any atom is -0.319 e. The van der Waals surface area contributed by atoms with Gasteiger partial charge in [0.15, 0.2) is 0 Å². The number of nitrogens with one attached hydrogen (secondary N) is 1. The number of hydrogen-bond acceptors (Lipinski definition) is 3. The Balaban J connectivity index is 1.90. The number of rotatable bonds is 4. The van der Waals surface area contributed by atoms with Gasteiger partial charge in [-0.25, -0.2) is 0 Å². The van der Waals surface area contributed by atoms with E-state index < -0.39 is 0 Å². The Morgan fingerprint density at radius 2 is 2.10 bits per heavy atom. The van der Waals surface area contributed by atoms with Crippen molar-refractivity contribution in [2.24, 2.45) is 5.92 Å². The summed E-state index contributed by atoms with van der Waals surface area (Å²) in [6.07, 6.45) is 8.95. The molecule has 2 aliphatic rings. The second-order valence-electron chi connectivity index (χ2n) is 6.46. The van der Waals surface area contributed by atoms with Crippen LogP contribution in [0.25, 0.3) is 0 Å². The molecule has 1 aromatic heterocycles. The second-order valence-corrected chi connectivity index (χ2v) is 6.46. The maximum atomic E-state index is 4.55. The van der Waals surface area contributed by atoms with Crippen LogP contribution in [-0.2, 0) is 0 Å². The first-order valence-corrected chi connectivity index (χ1v) is 8.12. The summed E-state index contributed by atoms with van der Waals surface area (Å²) in [7, 11) is 2.08. The molecule has 0 aromatic carbocycles. The van der Waals surface area contributed by atoms with Gasteiger partial charge in [0.2, 0.25) is 0 Å². The highest BCUT2D eigenvalue weighted by molar-refractivity contribution is 5.20. The Labute approximate surface area is 122 Å². The van der Waals surface area contributed by atoms with Gasteiger partial charge in [-0.05, 0) is 70.3 Å². The monoisotopic (exact) mass is 273 g/mol. The molecule has 110 valence electrons. The zero-order valence-electron chi connectivity index (χ0n) is 12.8. The van der Waals surface area contributed by atoms with Gasteiger partial charge >= 0.3 is 0 Å². The van der Waals surface area contributed by atoms with E-state index >= 15 is 0 Å². The van der Waals surface area contributed by atoms with E-state index in [0.29, 0.717) is 12.0 Å². The molecule has 20 heavy (non-hydrogen) atoms. The van der Waals surface area contributed by atoms with Crippen LogP contribution in [0.3, 0.4) is 0 Å². The highest BCUT2D eigenvalue weighted by Crippen LogP contribution is 2.41. The van der Waals surface area contributed by atoms with Gasteiger partial charge in [-0.3, -0.25) is 9.88 Å². The summed E-state index contributed by atoms with van der Waals surface area (Å²) in [5, 5.41) is 3.41. The third-order valence-corrected chi connectivity index (χ3v) is 4.80. The zero-order valence-corrected chi connectivity index (χ0v) is 12.8. The SMILES string of the molecule is CNCC1CCCCN(C2CC2)C1c1ccc(C)nc1. The highest BCUT2D eigenvalue weighted by atomic mass is 15.2. The number of nitrogens with zero attached hydrogens (tertiary/aromatic N) is 2. The van der Waals surface area contributed by atoms with Crippen molar-refractivity contribution in [2.45, 2.75) is 51.1 Å². The van der Waals surface area contributed by atoms with Gasteiger partial charge in [0, 0.05) is 24.0 Å². The van der Waals surface area contributed by atoms with E-state index in [4.69, 9.17) is 0 Å². The van der Waals surface area contributed by atoms with E-state index in [0.717, 1.165) is 18.3 Å². The molecular weight excluding hydrogens is 246 g/mol. The summed E-state index contributed by atoms with van der Waals surface area (Å²) < 4.78 is 0. The molecule has 2 fully saturated rings. The summed E-state index contributed by atoms with van der Waals surface area (Å²) in [5.74, 6) is 0.715.